The van der Waals surface area contributed by atoms with Crippen molar-refractivity contribution in [1.29, 1.82) is 0 Å². The average molecular weight is 277 g/mol. The first-order chi connectivity index (χ1) is 9.13. The summed E-state index contributed by atoms with van der Waals surface area (Å²) < 4.78 is 5.13. The molecule has 0 aliphatic heterocycles. The number of hydrogen-bond donors (Lipinski definition) is 1. The number of carbonyl (C=O) groups is 1. The van der Waals surface area contributed by atoms with Gasteiger partial charge >= 0.3 is 5.97 Å². The summed E-state index contributed by atoms with van der Waals surface area (Å²) >= 11 is 6.18. The van der Waals surface area contributed by atoms with Gasteiger partial charge in [0.2, 0.25) is 0 Å². The minimum Gasteiger partial charge on any atom is -0.478 e. The van der Waals surface area contributed by atoms with Gasteiger partial charge in [0, 0.05) is 17.7 Å². The topological polar surface area (TPSA) is 46.5 Å². The summed E-state index contributed by atoms with van der Waals surface area (Å²) in [7, 11) is 1.57. The van der Waals surface area contributed by atoms with Crippen molar-refractivity contribution >= 4 is 17.6 Å². The van der Waals surface area contributed by atoms with E-state index >= 15 is 0 Å². The number of hydrogen-bond acceptors (Lipinski definition) is 2. The van der Waals surface area contributed by atoms with Crippen molar-refractivity contribution < 1.29 is 14.6 Å². The molecule has 0 saturated heterocycles. The molecule has 4 heteroatoms. The second-order valence-electron chi connectivity index (χ2n) is 4.09. The van der Waals surface area contributed by atoms with Crippen LogP contribution in [-0.2, 0) is 11.3 Å². The van der Waals surface area contributed by atoms with Gasteiger partial charge in [0.25, 0.3) is 0 Å². The highest BCUT2D eigenvalue weighted by Crippen LogP contribution is 2.31. The Balaban J connectivity index is 2.57. The molecule has 0 amide bonds. The van der Waals surface area contributed by atoms with Crippen molar-refractivity contribution in [3.63, 3.8) is 0 Å². The number of halogens is 1. The minimum absolute atomic E-state index is 0.239. The third-order valence-corrected chi connectivity index (χ3v) is 3.15. The van der Waals surface area contributed by atoms with Crippen LogP contribution < -0.4 is 0 Å². The maximum atomic E-state index is 11.0. The largest absolute Gasteiger partial charge is 0.478 e. The van der Waals surface area contributed by atoms with Crippen LogP contribution in [0.2, 0.25) is 5.02 Å². The van der Waals surface area contributed by atoms with E-state index in [0.29, 0.717) is 11.6 Å². The predicted molar refractivity (Wildman–Crippen MR) is 74.6 cm³/mol. The third-order valence-electron chi connectivity index (χ3n) is 2.82. The fourth-order valence-corrected chi connectivity index (χ4v) is 2.18. The van der Waals surface area contributed by atoms with E-state index in [1.165, 1.54) is 0 Å². The van der Waals surface area contributed by atoms with Gasteiger partial charge in [-0.05, 0) is 29.3 Å². The molecule has 98 valence electrons. The van der Waals surface area contributed by atoms with E-state index in [-0.39, 0.29) is 5.56 Å². The first-order valence-electron chi connectivity index (χ1n) is 5.73. The summed E-state index contributed by atoms with van der Waals surface area (Å²) in [4.78, 5) is 11.0. The predicted octanol–water partition coefficient (Wildman–Crippen LogP) is 3.85. The molecule has 0 heterocycles. The van der Waals surface area contributed by atoms with Gasteiger partial charge in [-0.15, -0.1) is 0 Å². The highest BCUT2D eigenvalue weighted by atomic mass is 35.5. The van der Waals surface area contributed by atoms with Gasteiger partial charge in [-0.2, -0.15) is 0 Å². The SMILES string of the molecule is COCc1cc(C(=O)O)ccc1-c1ccccc1Cl. The first-order valence-corrected chi connectivity index (χ1v) is 6.11. The second kappa shape index (κ2) is 5.87. The molecular formula is C15H13ClO3. The summed E-state index contributed by atoms with van der Waals surface area (Å²) in [6, 6.07) is 12.4. The normalized spacial score (nSPS) is 10.4. The van der Waals surface area contributed by atoms with Gasteiger partial charge in [0.1, 0.15) is 0 Å². The van der Waals surface area contributed by atoms with E-state index in [9.17, 15) is 4.79 Å². The zero-order valence-electron chi connectivity index (χ0n) is 10.4. The zero-order valence-corrected chi connectivity index (χ0v) is 11.1. The van der Waals surface area contributed by atoms with E-state index in [1.807, 2.05) is 18.2 Å². The summed E-state index contributed by atoms with van der Waals surface area (Å²) in [5.74, 6) is -0.955. The minimum atomic E-state index is -0.955. The molecule has 19 heavy (non-hydrogen) atoms. The van der Waals surface area contributed by atoms with Crippen molar-refractivity contribution in [3.05, 3.63) is 58.6 Å². The first kappa shape index (κ1) is 13.6. The summed E-state index contributed by atoms with van der Waals surface area (Å²) in [6.45, 7) is 0.335. The third kappa shape index (κ3) is 2.95. The van der Waals surface area contributed by atoms with Crippen LogP contribution in [0.25, 0.3) is 11.1 Å². The number of ether oxygens (including phenoxy) is 1. The van der Waals surface area contributed by atoms with E-state index in [1.54, 1.807) is 31.4 Å². The lowest BCUT2D eigenvalue weighted by Crippen LogP contribution is -2.00. The quantitative estimate of drug-likeness (QED) is 0.922. The molecule has 0 unspecified atom stereocenters. The number of methoxy groups -OCH3 is 1. The van der Waals surface area contributed by atoms with Crippen LogP contribution >= 0.6 is 11.6 Å². The Morgan fingerprint density at radius 1 is 1.21 bits per heavy atom. The Morgan fingerprint density at radius 3 is 2.58 bits per heavy atom. The van der Waals surface area contributed by atoms with Crippen molar-refractivity contribution in [2.75, 3.05) is 7.11 Å². The molecule has 0 bridgehead atoms. The molecule has 0 fully saturated rings. The lowest BCUT2D eigenvalue weighted by molar-refractivity contribution is 0.0696. The highest BCUT2D eigenvalue weighted by molar-refractivity contribution is 6.33. The van der Waals surface area contributed by atoms with E-state index in [0.717, 1.165) is 16.7 Å². The molecule has 0 aliphatic rings. The molecule has 3 nitrogen and oxygen atoms in total. The van der Waals surface area contributed by atoms with Gasteiger partial charge < -0.3 is 9.84 Å². The van der Waals surface area contributed by atoms with Crippen LogP contribution in [0.1, 0.15) is 15.9 Å². The molecule has 0 aliphatic carbocycles. The van der Waals surface area contributed by atoms with Gasteiger partial charge in [0.05, 0.1) is 12.2 Å². The van der Waals surface area contributed by atoms with Crippen LogP contribution in [0, 0.1) is 0 Å². The number of rotatable bonds is 4. The molecule has 2 aromatic carbocycles. The molecule has 2 rings (SSSR count). The van der Waals surface area contributed by atoms with Gasteiger partial charge in [-0.3, -0.25) is 0 Å². The molecule has 0 spiro atoms. The summed E-state index contributed by atoms with van der Waals surface area (Å²) in [6.07, 6.45) is 0. The molecule has 0 aromatic heterocycles. The standard InChI is InChI=1S/C15H13ClO3/c1-19-9-11-8-10(15(17)18)6-7-12(11)13-4-2-3-5-14(13)16/h2-8H,9H2,1H3,(H,17,18). The van der Waals surface area contributed by atoms with Gasteiger partial charge in [-0.25, -0.2) is 4.79 Å². The maximum Gasteiger partial charge on any atom is 0.335 e. The monoisotopic (exact) mass is 276 g/mol. The van der Waals surface area contributed by atoms with Crippen LogP contribution in [-0.4, -0.2) is 18.2 Å². The smallest absolute Gasteiger partial charge is 0.335 e. The number of carboxylic acids is 1. The van der Waals surface area contributed by atoms with Crippen LogP contribution in [0.5, 0.6) is 0 Å². The van der Waals surface area contributed by atoms with Crippen LogP contribution in [0.3, 0.4) is 0 Å². The Labute approximate surface area is 116 Å². The molecule has 0 saturated carbocycles. The lowest BCUT2D eigenvalue weighted by atomic mass is 9.98. The highest BCUT2D eigenvalue weighted by Gasteiger charge is 2.11. The maximum absolute atomic E-state index is 11.0. The zero-order chi connectivity index (χ0) is 13.8. The van der Waals surface area contributed by atoms with Crippen molar-refractivity contribution in [3.8, 4) is 11.1 Å². The molecule has 0 radical (unpaired) electrons. The number of benzene rings is 2. The number of aromatic carboxylic acids is 1. The van der Waals surface area contributed by atoms with Crippen molar-refractivity contribution in [2.24, 2.45) is 0 Å². The average Bonchev–Trinajstić information content (AvgIpc) is 2.40. The van der Waals surface area contributed by atoms with Crippen LogP contribution in [0.4, 0.5) is 0 Å². The summed E-state index contributed by atoms with van der Waals surface area (Å²) in [5.41, 5.74) is 2.80. The lowest BCUT2D eigenvalue weighted by Gasteiger charge is -2.11. The second-order valence-corrected chi connectivity index (χ2v) is 4.50. The van der Waals surface area contributed by atoms with Crippen molar-refractivity contribution in [1.82, 2.24) is 0 Å². The Kier molecular flexibility index (Phi) is 4.20. The molecule has 1 N–H and O–H groups in total. The Hall–Kier alpha value is -1.84. The Bertz CT molecular complexity index is 608. The Morgan fingerprint density at radius 2 is 1.95 bits per heavy atom. The van der Waals surface area contributed by atoms with E-state index < -0.39 is 5.97 Å². The molecule has 2 aromatic rings. The van der Waals surface area contributed by atoms with Gasteiger partial charge in [-0.1, -0.05) is 35.9 Å². The van der Waals surface area contributed by atoms with Crippen molar-refractivity contribution in [2.45, 2.75) is 6.61 Å². The summed E-state index contributed by atoms with van der Waals surface area (Å²) in [5, 5.41) is 9.65. The molecule has 0 atom stereocenters. The van der Waals surface area contributed by atoms with Gasteiger partial charge in [0.15, 0.2) is 0 Å². The molecular weight excluding hydrogens is 264 g/mol. The van der Waals surface area contributed by atoms with Crippen LogP contribution in [0.15, 0.2) is 42.5 Å². The fourth-order valence-electron chi connectivity index (χ4n) is 1.94. The van der Waals surface area contributed by atoms with E-state index in [2.05, 4.69) is 0 Å². The van der Waals surface area contributed by atoms with E-state index in [4.69, 9.17) is 21.4 Å². The fraction of sp³-hybridized carbons (Fsp3) is 0.133. The number of carboxylic acid groups (broad SMARTS) is 1.